The zero-order valence-electron chi connectivity index (χ0n) is 18.8. The number of thiophene rings is 1. The number of halogens is 1. The van der Waals surface area contributed by atoms with E-state index in [4.69, 9.17) is 22.4 Å². The molecule has 4 rings (SSSR count). The summed E-state index contributed by atoms with van der Waals surface area (Å²) in [6.07, 6.45) is 1.16. The molecule has 3 N–H and O–H groups in total. The van der Waals surface area contributed by atoms with Gasteiger partial charge in [-0.05, 0) is 67.0 Å². The number of carbonyl (C=O) groups excluding carboxylic acids is 1. The lowest BCUT2D eigenvalue weighted by Crippen LogP contribution is -2.42. The van der Waals surface area contributed by atoms with Gasteiger partial charge in [-0.1, -0.05) is 25.4 Å². The third-order valence-electron chi connectivity index (χ3n) is 5.63. The van der Waals surface area contributed by atoms with Gasteiger partial charge in [-0.25, -0.2) is 0 Å². The van der Waals surface area contributed by atoms with Crippen molar-refractivity contribution < 1.29 is 9.90 Å². The second-order valence-corrected chi connectivity index (χ2v) is 10.1. The normalized spacial score (nSPS) is 19.8. The predicted molar refractivity (Wildman–Crippen MR) is 130 cm³/mol. The van der Waals surface area contributed by atoms with Gasteiger partial charge in [0.2, 0.25) is 0 Å². The SMILES string of the molecule is CCO.Cc1ccsc1C1C(C#N)=C(N)N(c2ccc(Cl)cc2)C2=C1C(=O)CC(C)(C)C2. The summed E-state index contributed by atoms with van der Waals surface area (Å²) in [7, 11) is 0. The van der Waals surface area contributed by atoms with E-state index in [9.17, 15) is 10.1 Å². The van der Waals surface area contributed by atoms with Crippen molar-refractivity contribution in [2.45, 2.75) is 46.5 Å². The fourth-order valence-corrected chi connectivity index (χ4v) is 5.51. The first-order chi connectivity index (χ1) is 15.1. The third-order valence-corrected chi connectivity index (χ3v) is 6.97. The molecule has 32 heavy (non-hydrogen) atoms. The number of anilines is 1. The van der Waals surface area contributed by atoms with Crippen LogP contribution in [0.3, 0.4) is 0 Å². The molecule has 1 aromatic carbocycles. The second kappa shape index (κ2) is 9.50. The van der Waals surface area contributed by atoms with Crippen molar-refractivity contribution in [3.8, 4) is 6.07 Å². The van der Waals surface area contributed by atoms with Crippen molar-refractivity contribution in [2.24, 2.45) is 11.1 Å². The van der Waals surface area contributed by atoms with Crippen LogP contribution < -0.4 is 10.6 Å². The van der Waals surface area contributed by atoms with Crippen LogP contribution in [0.15, 0.2) is 58.4 Å². The van der Waals surface area contributed by atoms with Crippen LogP contribution in [0.2, 0.25) is 5.02 Å². The topological polar surface area (TPSA) is 90.3 Å². The summed E-state index contributed by atoms with van der Waals surface area (Å²) in [5.74, 6) is 0.0762. The average molecular weight is 470 g/mol. The molecule has 1 unspecified atom stereocenters. The van der Waals surface area contributed by atoms with E-state index in [1.165, 1.54) is 0 Å². The number of Topliss-reactive ketones (excluding diaryl/α,β-unsaturated/α-hetero) is 1. The zero-order chi connectivity index (χ0) is 23.6. The van der Waals surface area contributed by atoms with Gasteiger partial charge in [0.25, 0.3) is 0 Å². The molecule has 0 bridgehead atoms. The minimum atomic E-state index is -0.401. The van der Waals surface area contributed by atoms with Crippen LogP contribution in [0.5, 0.6) is 0 Å². The Hall–Kier alpha value is -2.59. The smallest absolute Gasteiger partial charge is 0.162 e. The molecule has 0 spiro atoms. The Kier molecular flexibility index (Phi) is 7.14. The van der Waals surface area contributed by atoms with E-state index in [2.05, 4.69) is 19.9 Å². The highest BCUT2D eigenvalue weighted by Crippen LogP contribution is 2.51. The van der Waals surface area contributed by atoms with Crippen molar-refractivity contribution in [3.63, 3.8) is 0 Å². The Morgan fingerprint density at radius 2 is 1.91 bits per heavy atom. The van der Waals surface area contributed by atoms with Gasteiger partial charge in [0.05, 0.1) is 17.6 Å². The quantitative estimate of drug-likeness (QED) is 0.593. The third kappa shape index (κ3) is 4.47. The number of hydrogen-bond acceptors (Lipinski definition) is 6. The van der Waals surface area contributed by atoms with Gasteiger partial charge in [0.15, 0.2) is 5.78 Å². The van der Waals surface area contributed by atoms with E-state index in [0.717, 1.165) is 21.8 Å². The van der Waals surface area contributed by atoms with Crippen LogP contribution in [-0.2, 0) is 4.79 Å². The molecule has 2 aromatic rings. The number of ketones is 1. The molecule has 168 valence electrons. The summed E-state index contributed by atoms with van der Waals surface area (Å²) in [6, 6.07) is 11.7. The Bertz CT molecular complexity index is 1120. The summed E-state index contributed by atoms with van der Waals surface area (Å²) < 4.78 is 0. The summed E-state index contributed by atoms with van der Waals surface area (Å²) in [5, 5.41) is 20.2. The van der Waals surface area contributed by atoms with Gasteiger partial charge in [0.1, 0.15) is 5.82 Å². The molecule has 0 saturated heterocycles. The highest BCUT2D eigenvalue weighted by atomic mass is 35.5. The maximum absolute atomic E-state index is 13.4. The number of benzene rings is 1. The van der Waals surface area contributed by atoms with Crippen LogP contribution in [0.25, 0.3) is 0 Å². The summed E-state index contributed by atoms with van der Waals surface area (Å²) in [4.78, 5) is 16.3. The molecule has 5 nitrogen and oxygen atoms in total. The van der Waals surface area contributed by atoms with Gasteiger partial charge in [-0.2, -0.15) is 5.26 Å². The molecule has 2 aliphatic rings. The number of carbonyl (C=O) groups is 1. The molecule has 1 atom stereocenters. The van der Waals surface area contributed by atoms with E-state index < -0.39 is 5.92 Å². The highest BCUT2D eigenvalue weighted by molar-refractivity contribution is 7.10. The maximum Gasteiger partial charge on any atom is 0.162 e. The number of aryl methyl sites for hydroxylation is 1. The molecular weight excluding hydrogens is 442 g/mol. The average Bonchev–Trinajstić information content (AvgIpc) is 3.13. The van der Waals surface area contributed by atoms with Crippen LogP contribution >= 0.6 is 22.9 Å². The first-order valence-electron chi connectivity index (χ1n) is 10.5. The molecule has 0 saturated carbocycles. The molecule has 1 aromatic heterocycles. The number of allylic oxidation sites excluding steroid dienone is 3. The van der Waals surface area contributed by atoms with E-state index in [-0.39, 0.29) is 17.8 Å². The predicted octanol–water partition coefficient (Wildman–Crippen LogP) is 5.65. The Morgan fingerprint density at radius 3 is 2.44 bits per heavy atom. The Morgan fingerprint density at radius 1 is 1.28 bits per heavy atom. The lowest BCUT2D eigenvalue weighted by Gasteiger charge is -2.43. The minimum Gasteiger partial charge on any atom is -0.397 e. The second-order valence-electron chi connectivity index (χ2n) is 8.74. The number of nitrogens with two attached hydrogens (primary N) is 1. The molecule has 0 fully saturated rings. The largest absolute Gasteiger partial charge is 0.397 e. The fraction of sp³-hybridized carbons (Fsp3) is 0.360. The van der Waals surface area contributed by atoms with E-state index in [1.807, 2.05) is 35.4 Å². The van der Waals surface area contributed by atoms with E-state index in [1.54, 1.807) is 30.4 Å². The minimum absolute atomic E-state index is 0.0910. The number of nitriles is 1. The number of aliphatic hydroxyl groups excluding tert-OH is 1. The number of rotatable bonds is 2. The highest BCUT2D eigenvalue weighted by Gasteiger charge is 2.45. The first kappa shape index (κ1) is 24.1. The first-order valence-corrected chi connectivity index (χ1v) is 11.8. The molecular formula is C25H28ClN3O2S. The lowest BCUT2D eigenvalue weighted by atomic mass is 9.69. The van der Waals surface area contributed by atoms with E-state index >= 15 is 0 Å². The van der Waals surface area contributed by atoms with Crippen LogP contribution in [0, 0.1) is 23.7 Å². The van der Waals surface area contributed by atoms with Gasteiger partial charge in [0, 0.05) is 39.9 Å². The monoisotopic (exact) mass is 469 g/mol. The van der Waals surface area contributed by atoms with Crippen molar-refractivity contribution in [3.05, 3.63) is 73.8 Å². The molecule has 7 heteroatoms. The lowest BCUT2D eigenvalue weighted by molar-refractivity contribution is -0.118. The van der Waals surface area contributed by atoms with Gasteiger partial charge < -0.3 is 10.8 Å². The van der Waals surface area contributed by atoms with Crippen molar-refractivity contribution in [1.82, 2.24) is 0 Å². The van der Waals surface area contributed by atoms with Gasteiger partial charge >= 0.3 is 0 Å². The number of nitrogens with zero attached hydrogens (tertiary/aromatic N) is 2. The number of aliphatic hydroxyl groups is 1. The fourth-order valence-electron chi connectivity index (χ4n) is 4.34. The van der Waals surface area contributed by atoms with Crippen LogP contribution in [0.1, 0.15) is 50.0 Å². The molecule has 1 aliphatic carbocycles. The van der Waals surface area contributed by atoms with Crippen LogP contribution in [0.4, 0.5) is 5.69 Å². The summed E-state index contributed by atoms with van der Waals surface area (Å²) >= 11 is 7.65. The summed E-state index contributed by atoms with van der Waals surface area (Å²) in [6.45, 7) is 8.14. The Balaban J connectivity index is 0.000000913. The van der Waals surface area contributed by atoms with Crippen molar-refractivity contribution in [2.75, 3.05) is 11.5 Å². The van der Waals surface area contributed by atoms with Gasteiger partial charge in [-0.3, -0.25) is 9.69 Å². The summed E-state index contributed by atoms with van der Waals surface area (Å²) in [5.41, 5.74) is 10.3. The van der Waals surface area contributed by atoms with Crippen molar-refractivity contribution >= 4 is 34.4 Å². The molecule has 0 radical (unpaired) electrons. The number of hydrogen-bond donors (Lipinski definition) is 2. The van der Waals surface area contributed by atoms with Crippen LogP contribution in [-0.4, -0.2) is 17.5 Å². The zero-order valence-corrected chi connectivity index (χ0v) is 20.3. The maximum atomic E-state index is 13.4. The molecule has 2 heterocycles. The Labute approximate surface area is 198 Å². The molecule has 0 amide bonds. The van der Waals surface area contributed by atoms with E-state index in [0.29, 0.717) is 34.8 Å². The molecule has 1 aliphatic heterocycles. The van der Waals surface area contributed by atoms with Gasteiger partial charge in [-0.15, -0.1) is 11.3 Å². The standard InChI is InChI=1S/C23H22ClN3OS.C2H6O/c1-13-8-9-29-21(13)19-16(12-25)22(26)27(15-6-4-14(24)5-7-15)17-10-23(2,3)11-18(28)20(17)19;1-2-3/h4-9,19H,10-11,26H2,1-3H3;3H,2H2,1H3. The van der Waals surface area contributed by atoms with Crippen molar-refractivity contribution in [1.29, 1.82) is 5.26 Å².